The van der Waals surface area contributed by atoms with Gasteiger partial charge in [-0.15, -0.1) is 0 Å². The molecule has 5 nitrogen and oxygen atoms in total. The van der Waals surface area contributed by atoms with Gasteiger partial charge in [-0.25, -0.2) is 5.43 Å². The molecule has 172 valence electrons. The molecule has 0 saturated carbocycles. The number of carbonyl (C=O) groups is 1. The van der Waals surface area contributed by atoms with Gasteiger partial charge in [-0.3, -0.25) is 4.79 Å². The highest BCUT2D eigenvalue weighted by Gasteiger charge is 2.09. The van der Waals surface area contributed by atoms with Crippen molar-refractivity contribution in [2.75, 3.05) is 6.61 Å². The van der Waals surface area contributed by atoms with E-state index in [0.29, 0.717) is 24.5 Å². The van der Waals surface area contributed by atoms with E-state index in [9.17, 15) is 4.79 Å². The second-order valence-corrected chi connectivity index (χ2v) is 8.93. The topological polar surface area (TPSA) is 59.9 Å². The molecule has 0 radical (unpaired) electrons. The molecule has 34 heavy (non-hydrogen) atoms. The summed E-state index contributed by atoms with van der Waals surface area (Å²) in [6, 6.07) is 27.2. The average Bonchev–Trinajstić information content (AvgIpc) is 2.88. The lowest BCUT2D eigenvalue weighted by Crippen LogP contribution is -2.17. The van der Waals surface area contributed by atoms with E-state index in [1.165, 1.54) is 3.57 Å². The minimum Gasteiger partial charge on any atom is -0.494 e. The Labute approximate surface area is 212 Å². The minimum absolute atomic E-state index is 0.292. The van der Waals surface area contributed by atoms with Crippen LogP contribution in [0.3, 0.4) is 0 Å². The number of benzene rings is 4. The zero-order valence-electron chi connectivity index (χ0n) is 18.8. The molecule has 0 atom stereocenters. The van der Waals surface area contributed by atoms with Gasteiger partial charge in [0.25, 0.3) is 5.91 Å². The predicted octanol–water partition coefficient (Wildman–Crippen LogP) is 6.58. The van der Waals surface area contributed by atoms with Crippen LogP contribution >= 0.6 is 22.6 Å². The molecule has 0 saturated heterocycles. The maximum absolute atomic E-state index is 12.5. The Hall–Kier alpha value is -3.39. The molecule has 0 aromatic heterocycles. The van der Waals surface area contributed by atoms with Crippen LogP contribution in [0, 0.1) is 3.57 Å². The van der Waals surface area contributed by atoms with E-state index in [0.717, 1.165) is 34.1 Å². The van der Waals surface area contributed by atoms with Gasteiger partial charge in [-0.1, -0.05) is 49.4 Å². The van der Waals surface area contributed by atoms with Crippen molar-refractivity contribution < 1.29 is 14.3 Å². The van der Waals surface area contributed by atoms with E-state index in [-0.39, 0.29) is 5.91 Å². The number of amides is 1. The van der Waals surface area contributed by atoms with Gasteiger partial charge in [0.15, 0.2) is 0 Å². The maximum Gasteiger partial charge on any atom is 0.271 e. The lowest BCUT2D eigenvalue weighted by Gasteiger charge is -2.12. The second-order valence-electron chi connectivity index (χ2n) is 7.69. The highest BCUT2D eigenvalue weighted by molar-refractivity contribution is 14.1. The molecule has 1 amide bonds. The van der Waals surface area contributed by atoms with Gasteiger partial charge >= 0.3 is 0 Å². The largest absolute Gasteiger partial charge is 0.494 e. The summed E-state index contributed by atoms with van der Waals surface area (Å²) < 4.78 is 12.9. The highest BCUT2D eigenvalue weighted by Crippen LogP contribution is 2.27. The van der Waals surface area contributed by atoms with E-state index in [2.05, 4.69) is 64.3 Å². The lowest BCUT2D eigenvalue weighted by molar-refractivity contribution is 0.0955. The smallest absolute Gasteiger partial charge is 0.271 e. The van der Waals surface area contributed by atoms with E-state index in [4.69, 9.17) is 9.47 Å². The Morgan fingerprint density at radius 1 is 0.941 bits per heavy atom. The molecule has 1 N–H and O–H groups in total. The van der Waals surface area contributed by atoms with E-state index in [1.807, 2.05) is 36.4 Å². The van der Waals surface area contributed by atoms with Crippen LogP contribution < -0.4 is 14.9 Å². The third-order valence-corrected chi connectivity index (χ3v) is 5.91. The fourth-order valence-corrected chi connectivity index (χ4v) is 3.78. The Balaban J connectivity index is 1.50. The number of carbonyl (C=O) groups excluding carboxylic acids is 1. The summed E-state index contributed by atoms with van der Waals surface area (Å²) in [4.78, 5) is 12.5. The van der Waals surface area contributed by atoms with E-state index in [1.54, 1.807) is 30.5 Å². The van der Waals surface area contributed by atoms with Crippen molar-refractivity contribution in [3.63, 3.8) is 0 Å². The molecule has 0 aliphatic rings. The van der Waals surface area contributed by atoms with Crippen molar-refractivity contribution >= 4 is 45.5 Å². The third kappa shape index (κ3) is 6.14. The van der Waals surface area contributed by atoms with E-state index >= 15 is 0 Å². The Bertz CT molecular complexity index is 1290. The van der Waals surface area contributed by atoms with Gasteiger partial charge in [-0.2, -0.15) is 5.10 Å². The fraction of sp³-hybridized carbons (Fsp3) is 0.143. The number of nitrogens with zero attached hydrogens (tertiary/aromatic N) is 1. The molecule has 0 unspecified atom stereocenters. The quantitative estimate of drug-likeness (QED) is 0.142. The molecule has 0 fully saturated rings. The first-order valence-corrected chi connectivity index (χ1v) is 12.2. The molecular formula is C28H25IN2O3. The zero-order chi connectivity index (χ0) is 23.8. The van der Waals surface area contributed by atoms with Crippen LogP contribution in [0.5, 0.6) is 11.5 Å². The molecular weight excluding hydrogens is 539 g/mol. The van der Waals surface area contributed by atoms with Gasteiger partial charge in [0.1, 0.15) is 18.1 Å². The molecule has 4 rings (SSSR count). The summed E-state index contributed by atoms with van der Waals surface area (Å²) in [5.41, 5.74) is 5.02. The SMILES string of the molecule is CCCOc1ccc(C(=O)N/N=C/c2c(OCc3ccc(I)cc3)ccc3ccccc23)cc1. The minimum atomic E-state index is -0.292. The van der Waals surface area contributed by atoms with Crippen LogP contribution in [0.15, 0.2) is 90.0 Å². The van der Waals surface area contributed by atoms with E-state index < -0.39 is 0 Å². The number of hydrogen-bond acceptors (Lipinski definition) is 4. The van der Waals surface area contributed by atoms with Crippen LogP contribution in [0.2, 0.25) is 0 Å². The molecule has 0 aliphatic heterocycles. The molecule has 0 spiro atoms. The first-order valence-electron chi connectivity index (χ1n) is 11.1. The summed E-state index contributed by atoms with van der Waals surface area (Å²) in [7, 11) is 0. The molecule has 6 heteroatoms. The van der Waals surface area contributed by atoms with Crippen LogP contribution in [0.25, 0.3) is 10.8 Å². The Kier molecular flexibility index (Phi) is 8.14. The lowest BCUT2D eigenvalue weighted by atomic mass is 10.0. The van der Waals surface area contributed by atoms with Gasteiger partial charge < -0.3 is 9.47 Å². The number of ether oxygens (including phenoxy) is 2. The predicted molar refractivity (Wildman–Crippen MR) is 145 cm³/mol. The maximum atomic E-state index is 12.5. The van der Waals surface area contributed by atoms with Crippen molar-refractivity contribution in [1.82, 2.24) is 5.43 Å². The van der Waals surface area contributed by atoms with Crippen molar-refractivity contribution in [2.45, 2.75) is 20.0 Å². The number of nitrogens with one attached hydrogen (secondary N) is 1. The molecule has 0 aliphatic carbocycles. The summed E-state index contributed by atoms with van der Waals surface area (Å²) in [5, 5.41) is 6.30. The Morgan fingerprint density at radius 3 is 2.47 bits per heavy atom. The van der Waals surface area contributed by atoms with Gasteiger partial charge in [-0.05, 0) is 87.8 Å². The summed E-state index contributed by atoms with van der Waals surface area (Å²) in [6.07, 6.45) is 2.57. The molecule has 4 aromatic rings. The standard InChI is InChI=1S/C28H25IN2O3/c1-2-17-33-24-14-9-22(10-15-24)28(32)31-30-18-26-25-6-4-3-5-21(25)11-16-27(26)34-19-20-7-12-23(29)13-8-20/h3-16,18H,2,17,19H2,1H3,(H,31,32)/b30-18+. The first kappa shape index (κ1) is 23.8. The van der Waals surface area contributed by atoms with Crippen LogP contribution in [-0.2, 0) is 6.61 Å². The normalized spacial score (nSPS) is 11.0. The number of fused-ring (bicyclic) bond motifs is 1. The Morgan fingerprint density at radius 2 is 1.71 bits per heavy atom. The van der Waals surface area contributed by atoms with Crippen molar-refractivity contribution in [1.29, 1.82) is 0 Å². The van der Waals surface area contributed by atoms with Crippen LogP contribution in [-0.4, -0.2) is 18.7 Å². The third-order valence-electron chi connectivity index (χ3n) is 5.19. The number of hydrogen-bond donors (Lipinski definition) is 1. The van der Waals surface area contributed by atoms with Gasteiger partial charge in [0.2, 0.25) is 0 Å². The summed E-state index contributed by atoms with van der Waals surface area (Å²) in [5.74, 6) is 1.15. The van der Waals surface area contributed by atoms with Gasteiger partial charge in [0.05, 0.1) is 12.8 Å². The van der Waals surface area contributed by atoms with Gasteiger partial charge in [0, 0.05) is 14.7 Å². The van der Waals surface area contributed by atoms with Crippen molar-refractivity contribution in [3.05, 3.63) is 105 Å². The van der Waals surface area contributed by atoms with Crippen LogP contribution in [0.1, 0.15) is 34.8 Å². The molecule has 0 heterocycles. The molecule has 4 aromatic carbocycles. The summed E-state index contributed by atoms with van der Waals surface area (Å²) in [6.45, 7) is 3.14. The fourth-order valence-electron chi connectivity index (χ4n) is 3.42. The van der Waals surface area contributed by atoms with Crippen LogP contribution in [0.4, 0.5) is 0 Å². The number of rotatable bonds is 9. The average molecular weight is 564 g/mol. The monoisotopic (exact) mass is 564 g/mol. The number of hydrazone groups is 1. The summed E-state index contributed by atoms with van der Waals surface area (Å²) >= 11 is 2.28. The molecule has 0 bridgehead atoms. The first-order chi connectivity index (χ1) is 16.6. The van der Waals surface area contributed by atoms with Crippen molar-refractivity contribution in [2.24, 2.45) is 5.10 Å². The highest BCUT2D eigenvalue weighted by atomic mass is 127. The zero-order valence-corrected chi connectivity index (χ0v) is 21.0. The number of halogens is 1. The van der Waals surface area contributed by atoms with Crippen molar-refractivity contribution in [3.8, 4) is 11.5 Å². The second kappa shape index (κ2) is 11.7.